The molecule has 3 rings (SSSR count). The van der Waals surface area contributed by atoms with Crippen molar-refractivity contribution in [1.29, 1.82) is 0 Å². The van der Waals surface area contributed by atoms with Gasteiger partial charge in [-0.05, 0) is 12.1 Å². The van der Waals surface area contributed by atoms with E-state index in [0.717, 1.165) is 16.3 Å². The molecule has 0 saturated carbocycles. The van der Waals surface area contributed by atoms with Crippen LogP contribution in [0.15, 0.2) is 64.3 Å². The molecule has 5 heteroatoms. The number of hydrogen-bond donors (Lipinski definition) is 0. The lowest BCUT2D eigenvalue weighted by Gasteiger charge is -2.00. The van der Waals surface area contributed by atoms with Gasteiger partial charge in [-0.1, -0.05) is 53.7 Å². The molecule has 0 unspecified atom stereocenters. The number of benzene rings is 1. The molecule has 0 amide bonds. The van der Waals surface area contributed by atoms with Crippen LogP contribution >= 0.6 is 23.4 Å². The van der Waals surface area contributed by atoms with Gasteiger partial charge in [0, 0.05) is 11.8 Å². The minimum Gasteiger partial charge on any atom is -0.440 e. The Hall–Kier alpha value is -1.78. The highest BCUT2D eigenvalue weighted by Crippen LogP contribution is 2.28. The molecule has 2 heterocycles. The first-order valence-electron chi connectivity index (χ1n) is 6.06. The molecular formula is C15H11ClN2OS. The van der Waals surface area contributed by atoms with Crippen LogP contribution in [0.25, 0.3) is 11.3 Å². The van der Waals surface area contributed by atoms with Crippen LogP contribution in [0.2, 0.25) is 5.02 Å². The van der Waals surface area contributed by atoms with Gasteiger partial charge in [0.25, 0.3) is 0 Å². The van der Waals surface area contributed by atoms with E-state index in [1.165, 1.54) is 11.8 Å². The van der Waals surface area contributed by atoms with Gasteiger partial charge in [0.15, 0.2) is 5.76 Å². The number of nitrogens with zero attached hydrogens (tertiary/aromatic N) is 2. The molecule has 0 N–H and O–H groups in total. The number of thioether (sulfide) groups is 1. The average Bonchev–Trinajstić information content (AvgIpc) is 2.96. The van der Waals surface area contributed by atoms with Crippen molar-refractivity contribution in [2.45, 2.75) is 10.8 Å². The summed E-state index contributed by atoms with van der Waals surface area (Å²) in [4.78, 5) is 8.50. The number of aromatic nitrogens is 2. The molecule has 0 atom stereocenters. The van der Waals surface area contributed by atoms with Crippen LogP contribution in [0, 0.1) is 0 Å². The Labute approximate surface area is 126 Å². The van der Waals surface area contributed by atoms with Crippen LogP contribution in [-0.4, -0.2) is 9.97 Å². The summed E-state index contributed by atoms with van der Waals surface area (Å²) in [7, 11) is 0. The normalized spacial score (nSPS) is 10.7. The Bertz CT molecular complexity index is 700. The first-order chi connectivity index (χ1) is 9.83. The second-order valence-corrected chi connectivity index (χ2v) is 5.43. The van der Waals surface area contributed by atoms with Crippen molar-refractivity contribution >= 4 is 23.4 Å². The van der Waals surface area contributed by atoms with E-state index in [9.17, 15) is 0 Å². The number of rotatable bonds is 4. The second-order valence-electron chi connectivity index (χ2n) is 4.06. The molecule has 1 aromatic carbocycles. The lowest BCUT2D eigenvalue weighted by atomic mass is 10.2. The van der Waals surface area contributed by atoms with Gasteiger partial charge in [-0.25, -0.2) is 9.97 Å². The van der Waals surface area contributed by atoms with Crippen molar-refractivity contribution < 1.29 is 4.42 Å². The fourth-order valence-corrected chi connectivity index (χ4v) is 2.74. The third-order valence-corrected chi connectivity index (χ3v) is 4.08. The Morgan fingerprint density at radius 2 is 1.90 bits per heavy atom. The Morgan fingerprint density at radius 3 is 2.70 bits per heavy atom. The molecule has 0 spiro atoms. The summed E-state index contributed by atoms with van der Waals surface area (Å²) < 4.78 is 5.73. The summed E-state index contributed by atoms with van der Waals surface area (Å²) in [6.45, 7) is 0. The molecule has 3 nitrogen and oxygen atoms in total. The van der Waals surface area contributed by atoms with Gasteiger partial charge >= 0.3 is 0 Å². The van der Waals surface area contributed by atoms with Crippen molar-refractivity contribution in [3.05, 3.63) is 65.8 Å². The largest absolute Gasteiger partial charge is 0.440 e. The van der Waals surface area contributed by atoms with Gasteiger partial charge in [-0.2, -0.15) is 0 Å². The summed E-state index contributed by atoms with van der Waals surface area (Å²) in [5.41, 5.74) is 1.02. The van der Waals surface area contributed by atoms with Crippen LogP contribution in [0.3, 0.4) is 0 Å². The van der Waals surface area contributed by atoms with Gasteiger partial charge < -0.3 is 4.42 Å². The highest BCUT2D eigenvalue weighted by atomic mass is 35.5. The van der Waals surface area contributed by atoms with Gasteiger partial charge in [0.05, 0.1) is 17.0 Å². The van der Waals surface area contributed by atoms with Crippen LogP contribution < -0.4 is 0 Å². The fraction of sp³-hybridized carbons (Fsp3) is 0.0667. The predicted octanol–water partition coefficient (Wildman–Crippen LogP) is 4.68. The van der Waals surface area contributed by atoms with E-state index in [-0.39, 0.29) is 0 Å². The standard InChI is InChI=1S/C15H11ClN2OS/c16-12-7-4-8-17-15(12)20-10-14-18-9-13(19-14)11-5-2-1-3-6-11/h1-9H,10H2. The van der Waals surface area contributed by atoms with Gasteiger partial charge in [-0.15, -0.1) is 0 Å². The molecule has 0 aliphatic heterocycles. The number of halogens is 1. The summed E-state index contributed by atoms with van der Waals surface area (Å²) >= 11 is 7.57. The minimum atomic E-state index is 0.601. The highest BCUT2D eigenvalue weighted by Gasteiger charge is 2.08. The fourth-order valence-electron chi connectivity index (χ4n) is 1.72. The zero-order chi connectivity index (χ0) is 13.8. The molecule has 3 aromatic rings. The molecule has 100 valence electrons. The maximum Gasteiger partial charge on any atom is 0.205 e. The van der Waals surface area contributed by atoms with Crippen LogP contribution in [-0.2, 0) is 5.75 Å². The van der Waals surface area contributed by atoms with E-state index >= 15 is 0 Å². The van der Waals surface area contributed by atoms with E-state index in [1.807, 2.05) is 42.5 Å². The summed E-state index contributed by atoms with van der Waals surface area (Å²) in [5, 5.41) is 1.43. The lowest BCUT2D eigenvalue weighted by molar-refractivity contribution is 0.530. The highest BCUT2D eigenvalue weighted by molar-refractivity contribution is 7.98. The Kier molecular flexibility index (Phi) is 4.04. The van der Waals surface area contributed by atoms with Crippen molar-refractivity contribution in [1.82, 2.24) is 9.97 Å². The average molecular weight is 303 g/mol. The van der Waals surface area contributed by atoms with Crippen molar-refractivity contribution in [2.24, 2.45) is 0 Å². The first-order valence-corrected chi connectivity index (χ1v) is 7.43. The smallest absolute Gasteiger partial charge is 0.205 e. The zero-order valence-corrected chi connectivity index (χ0v) is 12.1. The summed E-state index contributed by atoms with van der Waals surface area (Å²) in [5.74, 6) is 2.03. The zero-order valence-electron chi connectivity index (χ0n) is 10.5. The third kappa shape index (κ3) is 3.03. The monoisotopic (exact) mass is 302 g/mol. The van der Waals surface area contributed by atoms with Gasteiger partial charge in [0.1, 0.15) is 5.03 Å². The molecule has 0 radical (unpaired) electrons. The SMILES string of the molecule is Clc1cccnc1SCc1ncc(-c2ccccc2)o1. The molecule has 20 heavy (non-hydrogen) atoms. The van der Waals surface area contributed by atoms with E-state index in [0.29, 0.717) is 16.7 Å². The van der Waals surface area contributed by atoms with E-state index in [1.54, 1.807) is 12.4 Å². The first kappa shape index (κ1) is 13.2. The quantitative estimate of drug-likeness (QED) is 0.656. The second kappa shape index (κ2) is 6.11. The molecule has 0 aliphatic rings. The van der Waals surface area contributed by atoms with Gasteiger partial charge in [0.2, 0.25) is 5.89 Å². The molecule has 0 fully saturated rings. The minimum absolute atomic E-state index is 0.601. The van der Waals surface area contributed by atoms with Crippen LogP contribution in [0.1, 0.15) is 5.89 Å². The third-order valence-electron chi connectivity index (χ3n) is 2.67. The summed E-state index contributed by atoms with van der Waals surface area (Å²) in [6, 6.07) is 13.5. The number of oxazole rings is 1. The van der Waals surface area contributed by atoms with Crippen molar-refractivity contribution in [3.8, 4) is 11.3 Å². The Balaban J connectivity index is 1.71. The Morgan fingerprint density at radius 1 is 1.05 bits per heavy atom. The number of hydrogen-bond acceptors (Lipinski definition) is 4. The van der Waals surface area contributed by atoms with Crippen molar-refractivity contribution in [3.63, 3.8) is 0 Å². The van der Waals surface area contributed by atoms with E-state index in [2.05, 4.69) is 9.97 Å². The molecule has 0 saturated heterocycles. The summed E-state index contributed by atoms with van der Waals surface area (Å²) in [6.07, 6.45) is 3.46. The molecule has 0 aliphatic carbocycles. The maximum atomic E-state index is 6.06. The van der Waals surface area contributed by atoms with E-state index < -0.39 is 0 Å². The van der Waals surface area contributed by atoms with Crippen LogP contribution in [0.4, 0.5) is 0 Å². The van der Waals surface area contributed by atoms with E-state index in [4.69, 9.17) is 16.0 Å². The van der Waals surface area contributed by atoms with Crippen molar-refractivity contribution in [2.75, 3.05) is 0 Å². The predicted molar refractivity (Wildman–Crippen MR) is 80.7 cm³/mol. The molecular weight excluding hydrogens is 292 g/mol. The lowest BCUT2D eigenvalue weighted by Crippen LogP contribution is -1.83. The molecule has 2 aromatic heterocycles. The molecule has 0 bridgehead atoms. The number of pyridine rings is 1. The topological polar surface area (TPSA) is 38.9 Å². The van der Waals surface area contributed by atoms with Crippen LogP contribution in [0.5, 0.6) is 0 Å². The maximum absolute atomic E-state index is 6.06. The van der Waals surface area contributed by atoms with Gasteiger partial charge in [-0.3, -0.25) is 0 Å².